The lowest BCUT2D eigenvalue weighted by Gasteiger charge is -2.16. The first-order valence-corrected chi connectivity index (χ1v) is 11.3. The van der Waals surface area contributed by atoms with E-state index in [0.717, 1.165) is 35.9 Å². The van der Waals surface area contributed by atoms with Crippen molar-refractivity contribution in [2.24, 2.45) is 0 Å². The Morgan fingerprint density at radius 3 is 2.86 bits per heavy atom. The zero-order chi connectivity index (χ0) is 25.1. The fourth-order valence-electron chi connectivity index (χ4n) is 3.92. The summed E-state index contributed by atoms with van der Waals surface area (Å²) >= 11 is 0. The lowest BCUT2D eigenvalue weighted by molar-refractivity contribution is -0.137. The van der Waals surface area contributed by atoms with Crippen LogP contribution in [0.2, 0.25) is 0 Å². The number of carbonyl (C=O) groups excluding carboxylic acids is 1. The Kier molecular flexibility index (Phi) is 6.47. The molecule has 1 atom stereocenters. The van der Waals surface area contributed by atoms with Crippen LogP contribution in [-0.2, 0) is 10.9 Å². The summed E-state index contributed by atoms with van der Waals surface area (Å²) in [6.07, 6.45) is 0.0843. The Balaban J connectivity index is 1.37. The maximum absolute atomic E-state index is 13.5. The quantitative estimate of drug-likeness (QED) is 0.310. The van der Waals surface area contributed by atoms with E-state index in [9.17, 15) is 18.0 Å². The molecule has 0 spiro atoms. The smallest absolute Gasteiger partial charge is 0.416 e. The van der Waals surface area contributed by atoms with Crippen molar-refractivity contribution in [2.45, 2.75) is 25.1 Å². The van der Waals surface area contributed by atoms with Gasteiger partial charge in [-0.05, 0) is 55.3 Å². The summed E-state index contributed by atoms with van der Waals surface area (Å²) in [5, 5.41) is 13.4. The van der Waals surface area contributed by atoms with Crippen molar-refractivity contribution in [1.82, 2.24) is 15.2 Å². The Morgan fingerprint density at radius 1 is 1.17 bits per heavy atom. The topological polar surface area (TPSA) is 101 Å². The van der Waals surface area contributed by atoms with Crippen LogP contribution in [0.4, 0.5) is 30.4 Å². The van der Waals surface area contributed by atoms with Gasteiger partial charge in [0.15, 0.2) is 0 Å². The molecule has 4 aromatic rings. The van der Waals surface area contributed by atoms with E-state index in [2.05, 4.69) is 25.8 Å². The van der Waals surface area contributed by atoms with E-state index >= 15 is 0 Å². The van der Waals surface area contributed by atoms with E-state index in [0.29, 0.717) is 12.3 Å². The lowest BCUT2D eigenvalue weighted by Crippen LogP contribution is -2.18. The van der Waals surface area contributed by atoms with Gasteiger partial charge in [-0.25, -0.2) is 4.98 Å². The average molecular weight is 497 g/mol. The fraction of sp³-hybridized carbons (Fsp3) is 0.240. The molecule has 11 heteroatoms. The van der Waals surface area contributed by atoms with Crippen LogP contribution in [0.1, 0.15) is 28.8 Å². The molecule has 1 unspecified atom stereocenters. The average Bonchev–Trinajstić information content (AvgIpc) is 3.54. The molecule has 2 aromatic carbocycles. The predicted molar refractivity (Wildman–Crippen MR) is 127 cm³/mol. The summed E-state index contributed by atoms with van der Waals surface area (Å²) in [5.74, 6) is -0.388. The second-order valence-corrected chi connectivity index (χ2v) is 8.34. The highest BCUT2D eigenvalue weighted by Crippen LogP contribution is 2.35. The van der Waals surface area contributed by atoms with Crippen molar-refractivity contribution in [3.8, 4) is 5.75 Å². The fourth-order valence-corrected chi connectivity index (χ4v) is 3.92. The molecule has 5 rings (SSSR count). The third kappa shape index (κ3) is 5.41. The van der Waals surface area contributed by atoms with E-state index in [4.69, 9.17) is 9.47 Å². The zero-order valence-electron chi connectivity index (χ0n) is 18.9. The van der Waals surface area contributed by atoms with Gasteiger partial charge in [-0.3, -0.25) is 9.89 Å². The summed E-state index contributed by atoms with van der Waals surface area (Å²) in [4.78, 5) is 17.3. The highest BCUT2D eigenvalue weighted by molar-refractivity contribution is 6.08. The molecule has 0 saturated carbocycles. The van der Waals surface area contributed by atoms with Crippen LogP contribution in [0.5, 0.6) is 5.75 Å². The first kappa shape index (κ1) is 23.6. The van der Waals surface area contributed by atoms with Gasteiger partial charge >= 0.3 is 6.18 Å². The highest BCUT2D eigenvalue weighted by atomic mass is 19.4. The predicted octanol–water partition coefficient (Wildman–Crippen LogP) is 5.53. The summed E-state index contributed by atoms with van der Waals surface area (Å²) in [6, 6.07) is 11.7. The number of carbonyl (C=O) groups is 1. The van der Waals surface area contributed by atoms with Gasteiger partial charge in [0.2, 0.25) is 0 Å². The summed E-state index contributed by atoms with van der Waals surface area (Å²) in [6.45, 7) is 0.737. The Bertz CT molecular complexity index is 1380. The van der Waals surface area contributed by atoms with Gasteiger partial charge in [-0.1, -0.05) is 0 Å². The minimum absolute atomic E-state index is 0.00646. The van der Waals surface area contributed by atoms with Crippen LogP contribution in [0, 0.1) is 0 Å². The van der Waals surface area contributed by atoms with E-state index in [1.807, 2.05) is 12.1 Å². The molecular weight excluding hydrogens is 475 g/mol. The molecule has 8 nitrogen and oxygen atoms in total. The molecule has 3 N–H and O–H groups in total. The Labute approximate surface area is 203 Å². The Morgan fingerprint density at radius 2 is 2.06 bits per heavy atom. The van der Waals surface area contributed by atoms with Crippen LogP contribution >= 0.6 is 0 Å². The van der Waals surface area contributed by atoms with Crippen molar-refractivity contribution >= 4 is 34.0 Å². The minimum atomic E-state index is -4.62. The summed E-state index contributed by atoms with van der Waals surface area (Å²) in [5.41, 5.74) is 0.622. The number of fused-ring (bicyclic) bond motifs is 1. The summed E-state index contributed by atoms with van der Waals surface area (Å²) < 4.78 is 51.6. The number of aromatic amines is 1. The molecule has 1 aliphatic rings. The van der Waals surface area contributed by atoms with Gasteiger partial charge in [-0.2, -0.15) is 18.3 Å². The number of hydrogen-bond acceptors (Lipinski definition) is 6. The largest absolute Gasteiger partial charge is 0.491 e. The number of anilines is 3. The van der Waals surface area contributed by atoms with E-state index in [1.54, 1.807) is 18.3 Å². The molecular formula is C25H22F3N5O3. The number of amides is 1. The number of nitrogens with one attached hydrogen (secondary N) is 3. The first-order valence-electron chi connectivity index (χ1n) is 11.3. The first-order chi connectivity index (χ1) is 17.3. The number of rotatable bonds is 7. The molecule has 1 amide bonds. The second kappa shape index (κ2) is 9.86. The molecule has 1 fully saturated rings. The van der Waals surface area contributed by atoms with E-state index in [-0.39, 0.29) is 35.5 Å². The lowest BCUT2D eigenvalue weighted by atomic mass is 10.1. The number of nitrogens with zero attached hydrogens (tertiary/aromatic N) is 2. The van der Waals surface area contributed by atoms with Crippen molar-refractivity contribution < 1.29 is 27.4 Å². The van der Waals surface area contributed by atoms with Gasteiger partial charge in [0.25, 0.3) is 5.91 Å². The number of pyridine rings is 1. The van der Waals surface area contributed by atoms with Gasteiger partial charge in [-0.15, -0.1) is 0 Å². The number of H-pyrrole nitrogens is 1. The third-order valence-electron chi connectivity index (χ3n) is 5.71. The van der Waals surface area contributed by atoms with Crippen LogP contribution in [0.25, 0.3) is 10.9 Å². The van der Waals surface area contributed by atoms with Crippen molar-refractivity contribution in [3.05, 3.63) is 72.1 Å². The van der Waals surface area contributed by atoms with Gasteiger partial charge in [0.1, 0.15) is 18.2 Å². The molecule has 3 heterocycles. The number of halogens is 3. The molecule has 0 radical (unpaired) electrons. The van der Waals surface area contributed by atoms with Crippen molar-refractivity contribution in [3.63, 3.8) is 0 Å². The van der Waals surface area contributed by atoms with Gasteiger partial charge in [0.05, 0.1) is 28.9 Å². The zero-order valence-corrected chi connectivity index (χ0v) is 18.9. The molecule has 0 aliphatic carbocycles. The number of benzene rings is 2. The van der Waals surface area contributed by atoms with Crippen molar-refractivity contribution in [1.29, 1.82) is 0 Å². The third-order valence-corrected chi connectivity index (χ3v) is 5.71. The normalized spacial score (nSPS) is 15.7. The van der Waals surface area contributed by atoms with Crippen LogP contribution in [0.3, 0.4) is 0 Å². The van der Waals surface area contributed by atoms with E-state index in [1.165, 1.54) is 18.3 Å². The minimum Gasteiger partial charge on any atom is -0.491 e. The van der Waals surface area contributed by atoms with Crippen molar-refractivity contribution in [2.75, 3.05) is 23.8 Å². The van der Waals surface area contributed by atoms with Crippen LogP contribution in [-0.4, -0.2) is 40.4 Å². The monoisotopic (exact) mass is 497 g/mol. The molecule has 186 valence electrons. The van der Waals surface area contributed by atoms with Gasteiger partial charge in [0, 0.05) is 35.6 Å². The molecule has 0 bridgehead atoms. The molecule has 1 aliphatic heterocycles. The standard InChI is InChI=1S/C25H22F3N5O3/c26-25(27,28)16-9-18(11-20(10-16)36-14-19-3-2-8-35-19)32-24(34)21-4-1-7-29-23(21)31-17-6-5-15-13-30-33-22(15)12-17/h1,4-7,9-13,19H,2-3,8,14H2,(H,29,31)(H,30,33)(H,32,34). The Hall–Kier alpha value is -4.12. The maximum atomic E-state index is 13.5. The molecule has 2 aromatic heterocycles. The number of hydrogen-bond donors (Lipinski definition) is 3. The summed E-state index contributed by atoms with van der Waals surface area (Å²) in [7, 11) is 0. The number of ether oxygens (including phenoxy) is 2. The van der Waals surface area contributed by atoms with E-state index < -0.39 is 17.6 Å². The van der Waals surface area contributed by atoms with Gasteiger partial charge < -0.3 is 20.1 Å². The second-order valence-electron chi connectivity index (χ2n) is 8.34. The molecule has 1 saturated heterocycles. The molecule has 36 heavy (non-hydrogen) atoms. The van der Waals surface area contributed by atoms with Crippen LogP contribution < -0.4 is 15.4 Å². The maximum Gasteiger partial charge on any atom is 0.416 e. The SMILES string of the molecule is O=C(Nc1cc(OCC2CCCO2)cc(C(F)(F)F)c1)c1cccnc1Nc1ccc2cn[nH]c2c1. The number of aromatic nitrogens is 3. The highest BCUT2D eigenvalue weighted by Gasteiger charge is 2.32. The van der Waals surface area contributed by atoms with Crippen LogP contribution in [0.15, 0.2) is 60.9 Å². The number of alkyl halides is 3.